The van der Waals surface area contributed by atoms with Crippen molar-refractivity contribution in [1.29, 1.82) is 0 Å². The Kier molecular flexibility index (Phi) is 3.91. The summed E-state index contributed by atoms with van der Waals surface area (Å²) in [4.78, 5) is 17.3. The molecule has 0 saturated heterocycles. The molecule has 3 aromatic heterocycles. The molecule has 0 unspecified atom stereocenters. The zero-order valence-corrected chi connectivity index (χ0v) is 14.7. The van der Waals surface area contributed by atoms with Gasteiger partial charge in [0, 0.05) is 36.1 Å². The summed E-state index contributed by atoms with van der Waals surface area (Å²) in [6, 6.07) is 3.89. The van der Waals surface area contributed by atoms with E-state index in [1.165, 1.54) is 0 Å². The first kappa shape index (κ1) is 16.2. The minimum Gasteiger partial charge on any atom is -0.443 e. The van der Waals surface area contributed by atoms with Crippen LogP contribution in [0.5, 0.6) is 0 Å². The van der Waals surface area contributed by atoms with Crippen molar-refractivity contribution in [3.8, 4) is 11.3 Å². The normalized spacial score (nSPS) is 11.9. The van der Waals surface area contributed by atoms with Crippen LogP contribution in [0, 0.1) is 0 Å². The summed E-state index contributed by atoms with van der Waals surface area (Å²) in [7, 11) is 1.85. The van der Waals surface area contributed by atoms with Gasteiger partial charge in [-0.2, -0.15) is 5.10 Å². The number of pyridine rings is 1. The molecule has 0 aliphatic carbocycles. The zero-order valence-electron chi connectivity index (χ0n) is 14.7. The van der Waals surface area contributed by atoms with Gasteiger partial charge < -0.3 is 4.74 Å². The van der Waals surface area contributed by atoms with Crippen LogP contribution in [0.1, 0.15) is 33.4 Å². The lowest BCUT2D eigenvalue weighted by Crippen LogP contribution is -2.27. The molecule has 6 nitrogen and oxygen atoms in total. The van der Waals surface area contributed by atoms with Crippen LogP contribution in [0.15, 0.2) is 30.7 Å². The van der Waals surface area contributed by atoms with Crippen LogP contribution in [0.2, 0.25) is 0 Å². The number of carbonyl (C=O) groups is 1. The van der Waals surface area contributed by atoms with Gasteiger partial charge in [-0.15, -0.1) is 0 Å². The third-order valence-electron chi connectivity index (χ3n) is 3.68. The van der Waals surface area contributed by atoms with Crippen LogP contribution >= 0.6 is 0 Å². The Bertz CT molecular complexity index is 900. The molecule has 0 spiro atoms. The molecule has 0 radical (unpaired) electrons. The number of rotatable bonds is 2. The fourth-order valence-electron chi connectivity index (χ4n) is 2.61. The Hall–Kier alpha value is -2.63. The molecule has 0 aliphatic rings. The van der Waals surface area contributed by atoms with Gasteiger partial charge in [-0.1, -0.05) is 6.92 Å². The Labute approximate surface area is 141 Å². The molecule has 0 fully saturated rings. The van der Waals surface area contributed by atoms with Gasteiger partial charge in [0.1, 0.15) is 5.60 Å². The molecule has 126 valence electrons. The highest BCUT2D eigenvalue weighted by atomic mass is 16.6. The van der Waals surface area contributed by atoms with Crippen LogP contribution in [0.25, 0.3) is 22.2 Å². The lowest BCUT2D eigenvalue weighted by Gasteiger charge is -2.20. The average Bonchev–Trinajstić information content (AvgIpc) is 3.07. The van der Waals surface area contributed by atoms with Gasteiger partial charge in [0.15, 0.2) is 0 Å². The molecule has 6 heteroatoms. The maximum absolute atomic E-state index is 12.8. The summed E-state index contributed by atoms with van der Waals surface area (Å²) in [5, 5.41) is 5.11. The van der Waals surface area contributed by atoms with Crippen molar-refractivity contribution in [2.24, 2.45) is 7.05 Å². The van der Waals surface area contributed by atoms with E-state index in [1.807, 2.05) is 53.1 Å². The second kappa shape index (κ2) is 5.78. The standard InChI is InChI=1S/C18H22N4O2/c1-6-14-8-16-12(9-19-14)7-15(13-10-20-21(5)11-13)22(16)17(23)24-18(2,3)4/h7-11H,6H2,1-5H3. The van der Waals surface area contributed by atoms with E-state index in [1.54, 1.807) is 21.6 Å². The SMILES string of the molecule is CCc1cc2c(cn1)cc(-c1cnn(C)c1)n2C(=O)OC(C)(C)C. The summed E-state index contributed by atoms with van der Waals surface area (Å²) >= 11 is 0. The van der Waals surface area contributed by atoms with Crippen LogP contribution in [0.3, 0.4) is 0 Å². The quantitative estimate of drug-likeness (QED) is 0.719. The maximum Gasteiger partial charge on any atom is 0.419 e. The molecular weight excluding hydrogens is 304 g/mol. The van der Waals surface area contributed by atoms with Crippen molar-refractivity contribution in [2.75, 3.05) is 0 Å². The topological polar surface area (TPSA) is 61.9 Å². The monoisotopic (exact) mass is 326 g/mol. The lowest BCUT2D eigenvalue weighted by atomic mass is 10.2. The van der Waals surface area contributed by atoms with Gasteiger partial charge in [0.2, 0.25) is 0 Å². The minimum atomic E-state index is -0.569. The number of nitrogens with zero attached hydrogens (tertiary/aromatic N) is 4. The van der Waals surface area contributed by atoms with Crippen LogP contribution < -0.4 is 0 Å². The highest BCUT2D eigenvalue weighted by Gasteiger charge is 2.23. The second-order valence-electron chi connectivity index (χ2n) is 6.84. The van der Waals surface area contributed by atoms with Crippen LogP contribution in [-0.4, -0.2) is 31.0 Å². The average molecular weight is 326 g/mol. The van der Waals surface area contributed by atoms with Crippen molar-refractivity contribution in [2.45, 2.75) is 39.7 Å². The predicted molar refractivity (Wildman–Crippen MR) is 92.9 cm³/mol. The van der Waals surface area contributed by atoms with E-state index < -0.39 is 11.7 Å². The van der Waals surface area contributed by atoms with Crippen molar-refractivity contribution in [3.05, 3.63) is 36.4 Å². The lowest BCUT2D eigenvalue weighted by molar-refractivity contribution is 0.0547. The molecule has 3 rings (SSSR count). The molecule has 0 aromatic carbocycles. The summed E-state index contributed by atoms with van der Waals surface area (Å²) < 4.78 is 8.93. The van der Waals surface area contributed by atoms with E-state index in [4.69, 9.17) is 4.74 Å². The highest BCUT2D eigenvalue weighted by Crippen LogP contribution is 2.29. The largest absolute Gasteiger partial charge is 0.443 e. The third kappa shape index (κ3) is 3.04. The Balaban J connectivity index is 2.22. The van der Waals surface area contributed by atoms with Crippen molar-refractivity contribution >= 4 is 17.0 Å². The molecule has 24 heavy (non-hydrogen) atoms. The third-order valence-corrected chi connectivity index (χ3v) is 3.68. The molecule has 3 aromatic rings. The first-order valence-corrected chi connectivity index (χ1v) is 8.01. The molecular formula is C18H22N4O2. The summed E-state index contributed by atoms with van der Waals surface area (Å²) in [5.74, 6) is 0. The molecule has 0 atom stereocenters. The van der Waals surface area contributed by atoms with E-state index in [0.717, 1.165) is 34.3 Å². The predicted octanol–water partition coefficient (Wildman–Crippen LogP) is 3.78. The van der Waals surface area contributed by atoms with E-state index in [9.17, 15) is 4.79 Å². The van der Waals surface area contributed by atoms with Gasteiger partial charge in [0.25, 0.3) is 0 Å². The van der Waals surface area contributed by atoms with Crippen molar-refractivity contribution in [1.82, 2.24) is 19.3 Å². The van der Waals surface area contributed by atoms with E-state index >= 15 is 0 Å². The number of hydrogen-bond donors (Lipinski definition) is 0. The summed E-state index contributed by atoms with van der Waals surface area (Å²) in [5.41, 5.74) is 2.78. The fourth-order valence-corrected chi connectivity index (χ4v) is 2.61. The molecule has 0 saturated carbocycles. The number of aryl methyl sites for hydroxylation is 2. The number of carbonyl (C=O) groups excluding carboxylic acids is 1. The van der Waals surface area contributed by atoms with Crippen molar-refractivity contribution in [3.63, 3.8) is 0 Å². The van der Waals surface area contributed by atoms with Crippen LogP contribution in [0.4, 0.5) is 4.79 Å². The summed E-state index contributed by atoms with van der Waals surface area (Å²) in [6.07, 6.45) is 5.82. The van der Waals surface area contributed by atoms with Crippen molar-refractivity contribution < 1.29 is 9.53 Å². The van der Waals surface area contributed by atoms with Gasteiger partial charge in [0.05, 0.1) is 17.4 Å². The Morgan fingerprint density at radius 1 is 1.25 bits per heavy atom. The highest BCUT2D eigenvalue weighted by molar-refractivity contribution is 5.95. The van der Waals surface area contributed by atoms with Gasteiger partial charge in [-0.3, -0.25) is 9.67 Å². The first-order valence-electron chi connectivity index (χ1n) is 8.01. The van der Waals surface area contributed by atoms with E-state index in [0.29, 0.717) is 0 Å². The Morgan fingerprint density at radius 2 is 2.00 bits per heavy atom. The summed E-state index contributed by atoms with van der Waals surface area (Å²) in [6.45, 7) is 7.62. The Morgan fingerprint density at radius 3 is 2.58 bits per heavy atom. The van der Waals surface area contributed by atoms with Crippen LogP contribution in [-0.2, 0) is 18.2 Å². The number of aromatic nitrogens is 4. The van der Waals surface area contributed by atoms with E-state index in [-0.39, 0.29) is 0 Å². The number of fused-ring (bicyclic) bond motifs is 1. The number of ether oxygens (including phenoxy) is 1. The number of hydrogen-bond acceptors (Lipinski definition) is 4. The van der Waals surface area contributed by atoms with Gasteiger partial charge >= 0.3 is 6.09 Å². The van der Waals surface area contributed by atoms with E-state index in [2.05, 4.69) is 10.1 Å². The molecule has 0 aliphatic heterocycles. The smallest absolute Gasteiger partial charge is 0.419 e. The second-order valence-corrected chi connectivity index (χ2v) is 6.84. The van der Waals surface area contributed by atoms with Gasteiger partial charge in [-0.25, -0.2) is 9.36 Å². The minimum absolute atomic E-state index is 0.399. The molecule has 0 bridgehead atoms. The first-order chi connectivity index (χ1) is 11.3. The van der Waals surface area contributed by atoms with Gasteiger partial charge in [-0.05, 0) is 39.3 Å². The maximum atomic E-state index is 12.8. The molecule has 0 N–H and O–H groups in total. The molecule has 0 amide bonds. The fraction of sp³-hybridized carbons (Fsp3) is 0.389. The molecule has 3 heterocycles. The zero-order chi connectivity index (χ0) is 17.5.